The fourth-order valence-electron chi connectivity index (χ4n) is 2.41. The lowest BCUT2D eigenvalue weighted by molar-refractivity contribution is -0.137. The van der Waals surface area contributed by atoms with Gasteiger partial charge in [0.2, 0.25) is 0 Å². The summed E-state index contributed by atoms with van der Waals surface area (Å²) >= 11 is 0. The summed E-state index contributed by atoms with van der Waals surface area (Å²) in [5.41, 5.74) is 0. The maximum absolute atomic E-state index is 10.3. The molecule has 0 spiro atoms. The van der Waals surface area contributed by atoms with Crippen molar-refractivity contribution in [3.63, 3.8) is 0 Å². The van der Waals surface area contributed by atoms with Crippen LogP contribution in [0.1, 0.15) is 84.0 Å². The largest absolute Gasteiger partial charge is 0.481 e. The molecule has 1 aliphatic heterocycles. The van der Waals surface area contributed by atoms with Crippen LogP contribution in [0.25, 0.3) is 0 Å². The Morgan fingerprint density at radius 2 is 1.64 bits per heavy atom. The number of unbranched alkanes of at least 4 members (excludes halogenated alkanes) is 8. The summed E-state index contributed by atoms with van der Waals surface area (Å²) in [4.78, 5) is 14.2. The number of allylic oxidation sites excluding steroid dienone is 4. The first-order valence-electron chi connectivity index (χ1n) is 10.0. The van der Waals surface area contributed by atoms with Crippen molar-refractivity contribution in [2.24, 2.45) is 4.99 Å². The van der Waals surface area contributed by atoms with Gasteiger partial charge in [-0.2, -0.15) is 0 Å². The molecule has 4 nitrogen and oxygen atoms in total. The Hall–Kier alpha value is -1.58. The van der Waals surface area contributed by atoms with E-state index in [1.807, 2.05) is 0 Å². The van der Waals surface area contributed by atoms with Crippen LogP contribution in [-0.4, -0.2) is 30.5 Å². The number of hydrogen-bond donors (Lipinski definition) is 2. The van der Waals surface area contributed by atoms with Gasteiger partial charge in [0, 0.05) is 13.0 Å². The average Bonchev–Trinajstić information content (AvgIpc) is 3.18. The van der Waals surface area contributed by atoms with Gasteiger partial charge in [0.05, 0.1) is 12.9 Å². The van der Waals surface area contributed by atoms with Crippen molar-refractivity contribution in [2.75, 3.05) is 13.1 Å². The second-order valence-electron chi connectivity index (χ2n) is 6.36. The van der Waals surface area contributed by atoms with Gasteiger partial charge in [-0.15, -0.1) is 0 Å². The third kappa shape index (κ3) is 22.4. The van der Waals surface area contributed by atoms with Crippen LogP contribution in [0, 0.1) is 0 Å². The molecule has 0 radical (unpaired) electrons. The van der Waals surface area contributed by atoms with E-state index in [0.29, 0.717) is 6.42 Å². The second-order valence-corrected chi connectivity index (χ2v) is 6.36. The van der Waals surface area contributed by atoms with E-state index in [1.165, 1.54) is 44.9 Å². The molecule has 0 aromatic heterocycles. The van der Waals surface area contributed by atoms with Crippen molar-refractivity contribution in [2.45, 2.75) is 84.0 Å². The molecular weight excluding hydrogens is 312 g/mol. The van der Waals surface area contributed by atoms with Crippen LogP contribution in [0.15, 0.2) is 29.3 Å². The topological polar surface area (TPSA) is 61.7 Å². The molecule has 0 bridgehead atoms. The molecule has 0 saturated carbocycles. The number of rotatable bonds is 14. The summed E-state index contributed by atoms with van der Waals surface area (Å²) in [5, 5.41) is 11.4. The van der Waals surface area contributed by atoms with Crippen LogP contribution in [0.3, 0.4) is 0 Å². The number of aliphatic imine (C=N–C) groups is 1. The van der Waals surface area contributed by atoms with Gasteiger partial charge < -0.3 is 10.4 Å². The maximum atomic E-state index is 10.3. The maximum Gasteiger partial charge on any atom is 0.303 e. The fraction of sp³-hybridized carbons (Fsp3) is 0.714. The first kappa shape index (κ1) is 23.4. The number of carboxylic acids is 1. The summed E-state index contributed by atoms with van der Waals surface area (Å²) in [6.45, 7) is 4.22. The lowest BCUT2D eigenvalue weighted by atomic mass is 10.1. The molecule has 0 saturated heterocycles. The van der Waals surface area contributed by atoms with Crippen molar-refractivity contribution >= 4 is 12.3 Å². The highest BCUT2D eigenvalue weighted by molar-refractivity contribution is 5.66. The Bertz CT molecular complexity index is 370. The molecule has 0 aliphatic carbocycles. The van der Waals surface area contributed by atoms with Crippen LogP contribution in [-0.2, 0) is 4.79 Å². The predicted molar refractivity (Wildman–Crippen MR) is 108 cm³/mol. The van der Waals surface area contributed by atoms with Gasteiger partial charge in [0.15, 0.2) is 0 Å². The third-order valence-electron chi connectivity index (χ3n) is 3.91. The molecule has 0 fully saturated rings. The highest BCUT2D eigenvalue weighted by Gasteiger charge is 1.95. The average molecular weight is 351 g/mol. The molecule has 2 N–H and O–H groups in total. The van der Waals surface area contributed by atoms with E-state index in [4.69, 9.17) is 5.11 Å². The predicted octanol–water partition coefficient (Wildman–Crippen LogP) is 5.50. The molecule has 0 aromatic rings. The van der Waals surface area contributed by atoms with E-state index in [1.54, 1.807) is 6.34 Å². The summed E-state index contributed by atoms with van der Waals surface area (Å²) in [5.74, 6) is -0.671. The second kappa shape index (κ2) is 20.5. The standard InChI is InChI=1S/C18H32O2.C3H6N2/c1-2-3-4-5-6-7-8-9-10-11-12-13-14-15-16-17-18(19)20;1-2-5-3-4-1/h6-7,9-10H,2-5,8,11-17H2,1H3,(H,19,20);3H,1-2H2,(H,4,5)/b7-6-,10-9-;. The lowest BCUT2D eigenvalue weighted by Gasteiger charge is -1.98. The molecule has 0 amide bonds. The zero-order valence-electron chi connectivity index (χ0n) is 16.1. The minimum atomic E-state index is -0.671. The van der Waals surface area contributed by atoms with Crippen molar-refractivity contribution in [3.05, 3.63) is 24.3 Å². The Kier molecular flexibility index (Phi) is 19.2. The lowest BCUT2D eigenvalue weighted by Crippen LogP contribution is -2.04. The van der Waals surface area contributed by atoms with Crippen LogP contribution >= 0.6 is 0 Å². The smallest absolute Gasteiger partial charge is 0.303 e. The zero-order valence-corrected chi connectivity index (χ0v) is 16.1. The minimum absolute atomic E-state index is 0.324. The Balaban J connectivity index is 0.000000972. The highest BCUT2D eigenvalue weighted by Crippen LogP contribution is 2.08. The van der Waals surface area contributed by atoms with Gasteiger partial charge in [0.1, 0.15) is 0 Å². The van der Waals surface area contributed by atoms with Gasteiger partial charge >= 0.3 is 5.97 Å². The van der Waals surface area contributed by atoms with E-state index in [-0.39, 0.29) is 0 Å². The Morgan fingerprint density at radius 1 is 1.00 bits per heavy atom. The Labute approximate surface area is 154 Å². The minimum Gasteiger partial charge on any atom is -0.481 e. The van der Waals surface area contributed by atoms with Crippen LogP contribution in [0.4, 0.5) is 0 Å². The van der Waals surface area contributed by atoms with E-state index in [2.05, 4.69) is 41.5 Å². The molecule has 1 aliphatic rings. The summed E-state index contributed by atoms with van der Waals surface area (Å²) < 4.78 is 0. The molecule has 25 heavy (non-hydrogen) atoms. The van der Waals surface area contributed by atoms with Gasteiger partial charge in [-0.05, 0) is 38.5 Å². The van der Waals surface area contributed by atoms with Crippen molar-refractivity contribution < 1.29 is 9.90 Å². The van der Waals surface area contributed by atoms with Crippen LogP contribution < -0.4 is 5.32 Å². The molecule has 4 heteroatoms. The number of hydrogen-bond acceptors (Lipinski definition) is 3. The first-order chi connectivity index (χ1) is 12.3. The van der Waals surface area contributed by atoms with E-state index < -0.39 is 5.97 Å². The quantitative estimate of drug-likeness (QED) is 0.321. The number of carbonyl (C=O) groups is 1. The SMILES string of the molecule is C1=NCCN1.CCCCC/C=C\C/C=C\CCCCCCCC(=O)O. The summed E-state index contributed by atoms with van der Waals surface area (Å²) in [6.07, 6.45) is 24.0. The number of aliphatic carboxylic acids is 1. The zero-order chi connectivity index (χ0) is 18.4. The third-order valence-corrected chi connectivity index (χ3v) is 3.91. The first-order valence-corrected chi connectivity index (χ1v) is 10.0. The van der Waals surface area contributed by atoms with Gasteiger partial charge in [-0.3, -0.25) is 9.79 Å². The molecule has 1 heterocycles. The van der Waals surface area contributed by atoms with Crippen molar-refractivity contribution in [3.8, 4) is 0 Å². The monoisotopic (exact) mass is 350 g/mol. The van der Waals surface area contributed by atoms with Crippen molar-refractivity contribution in [1.29, 1.82) is 0 Å². The van der Waals surface area contributed by atoms with E-state index >= 15 is 0 Å². The van der Waals surface area contributed by atoms with Gasteiger partial charge in [-0.1, -0.05) is 63.3 Å². The van der Waals surface area contributed by atoms with Crippen LogP contribution in [0.5, 0.6) is 0 Å². The van der Waals surface area contributed by atoms with E-state index in [0.717, 1.165) is 38.8 Å². The van der Waals surface area contributed by atoms with Gasteiger partial charge in [0.25, 0.3) is 0 Å². The number of nitrogens with zero attached hydrogens (tertiary/aromatic N) is 1. The molecule has 0 atom stereocenters. The van der Waals surface area contributed by atoms with Crippen molar-refractivity contribution in [1.82, 2.24) is 5.32 Å². The highest BCUT2D eigenvalue weighted by atomic mass is 16.4. The molecule has 0 unspecified atom stereocenters. The normalized spacial score (nSPS) is 13.2. The van der Waals surface area contributed by atoms with Crippen LogP contribution in [0.2, 0.25) is 0 Å². The summed E-state index contributed by atoms with van der Waals surface area (Å²) in [7, 11) is 0. The summed E-state index contributed by atoms with van der Waals surface area (Å²) in [6, 6.07) is 0. The van der Waals surface area contributed by atoms with E-state index in [9.17, 15) is 4.79 Å². The fourth-order valence-corrected chi connectivity index (χ4v) is 2.41. The Morgan fingerprint density at radius 3 is 2.16 bits per heavy atom. The molecule has 144 valence electrons. The number of nitrogens with one attached hydrogen (secondary N) is 1. The molecular formula is C21H38N2O2. The number of carboxylic acid groups (broad SMARTS) is 1. The molecule has 0 aromatic carbocycles. The molecule has 1 rings (SSSR count). The van der Waals surface area contributed by atoms with Gasteiger partial charge in [-0.25, -0.2) is 0 Å².